The Morgan fingerprint density at radius 2 is 2.09 bits per heavy atom. The smallest absolute Gasteiger partial charge is 0.227 e. The highest BCUT2D eigenvalue weighted by Crippen LogP contribution is 2.25. The van der Waals surface area contributed by atoms with Gasteiger partial charge in [-0.25, -0.2) is 0 Å². The molecule has 2 fully saturated rings. The molecule has 2 unspecified atom stereocenters. The number of ether oxygens (including phenoxy) is 2. The molecule has 0 radical (unpaired) electrons. The number of benzene rings is 1. The summed E-state index contributed by atoms with van der Waals surface area (Å²) in [6, 6.07) is 8.08. The van der Waals surface area contributed by atoms with Crippen molar-refractivity contribution in [2.24, 2.45) is 5.92 Å². The molecule has 5 nitrogen and oxygen atoms in total. The molecule has 5 heteroatoms. The number of nitrogens with zero attached hydrogens (tertiary/aromatic N) is 2. The summed E-state index contributed by atoms with van der Waals surface area (Å²) >= 11 is 0. The SMILES string of the molecule is COc1ccc(CC(=O)N2CCOCC3CN(C)CCC32)cc1. The Kier molecular flexibility index (Phi) is 5.18. The molecule has 0 saturated carbocycles. The van der Waals surface area contributed by atoms with Crippen LogP contribution in [0.1, 0.15) is 12.0 Å². The van der Waals surface area contributed by atoms with Gasteiger partial charge in [-0.05, 0) is 37.7 Å². The second kappa shape index (κ2) is 7.32. The summed E-state index contributed by atoms with van der Waals surface area (Å²) in [4.78, 5) is 17.2. The Balaban J connectivity index is 1.68. The van der Waals surface area contributed by atoms with Crippen molar-refractivity contribution in [1.82, 2.24) is 9.80 Å². The number of amides is 1. The molecule has 1 aromatic carbocycles. The van der Waals surface area contributed by atoms with E-state index in [4.69, 9.17) is 9.47 Å². The Labute approximate surface area is 138 Å². The van der Waals surface area contributed by atoms with Crippen LogP contribution in [0.2, 0.25) is 0 Å². The van der Waals surface area contributed by atoms with Crippen LogP contribution in [0.25, 0.3) is 0 Å². The third-order valence-corrected chi connectivity index (χ3v) is 4.94. The number of likely N-dealkylation sites (tertiary alicyclic amines) is 1. The predicted octanol–water partition coefficient (Wildman–Crippen LogP) is 1.42. The first kappa shape index (κ1) is 16.3. The highest BCUT2D eigenvalue weighted by Gasteiger charge is 2.36. The van der Waals surface area contributed by atoms with E-state index < -0.39 is 0 Å². The van der Waals surface area contributed by atoms with Crippen LogP contribution >= 0.6 is 0 Å². The monoisotopic (exact) mass is 318 g/mol. The highest BCUT2D eigenvalue weighted by atomic mass is 16.5. The van der Waals surface area contributed by atoms with E-state index in [1.54, 1.807) is 7.11 Å². The second-order valence-corrected chi connectivity index (χ2v) is 6.57. The quantitative estimate of drug-likeness (QED) is 0.845. The molecule has 3 rings (SSSR count). The van der Waals surface area contributed by atoms with Crippen molar-refractivity contribution in [3.8, 4) is 5.75 Å². The summed E-state index contributed by atoms with van der Waals surface area (Å²) in [6.45, 7) is 4.18. The van der Waals surface area contributed by atoms with E-state index in [1.807, 2.05) is 24.3 Å². The Bertz CT molecular complexity index is 532. The van der Waals surface area contributed by atoms with Gasteiger partial charge in [0.05, 0.1) is 26.7 Å². The highest BCUT2D eigenvalue weighted by molar-refractivity contribution is 5.79. The van der Waals surface area contributed by atoms with Crippen LogP contribution in [0.4, 0.5) is 0 Å². The van der Waals surface area contributed by atoms with Crippen molar-refractivity contribution in [2.45, 2.75) is 18.9 Å². The van der Waals surface area contributed by atoms with E-state index in [1.165, 1.54) is 0 Å². The molecular weight excluding hydrogens is 292 g/mol. The summed E-state index contributed by atoms with van der Waals surface area (Å²) in [6.07, 6.45) is 1.49. The van der Waals surface area contributed by atoms with Crippen LogP contribution in [0.5, 0.6) is 5.75 Å². The van der Waals surface area contributed by atoms with Gasteiger partial charge in [0.25, 0.3) is 0 Å². The molecule has 126 valence electrons. The standard InChI is InChI=1S/C18H26N2O3/c1-19-8-7-17-15(12-19)13-23-10-9-20(17)18(21)11-14-3-5-16(22-2)6-4-14/h3-6,15,17H,7-13H2,1-2H3. The number of methoxy groups -OCH3 is 1. The largest absolute Gasteiger partial charge is 0.497 e. The molecule has 0 aliphatic carbocycles. The lowest BCUT2D eigenvalue weighted by Crippen LogP contribution is -2.52. The predicted molar refractivity (Wildman–Crippen MR) is 88.6 cm³/mol. The van der Waals surface area contributed by atoms with Gasteiger partial charge in [0.2, 0.25) is 5.91 Å². The van der Waals surface area contributed by atoms with Gasteiger partial charge in [0, 0.05) is 25.0 Å². The number of fused-ring (bicyclic) bond motifs is 1. The number of hydrogen-bond donors (Lipinski definition) is 0. The summed E-state index contributed by atoms with van der Waals surface area (Å²) in [5.74, 6) is 1.45. The molecule has 0 aromatic heterocycles. The molecule has 2 atom stereocenters. The maximum atomic E-state index is 12.8. The van der Waals surface area contributed by atoms with Crippen molar-refractivity contribution in [3.63, 3.8) is 0 Å². The van der Waals surface area contributed by atoms with Gasteiger partial charge in [-0.1, -0.05) is 12.1 Å². The zero-order valence-electron chi connectivity index (χ0n) is 14.0. The van der Waals surface area contributed by atoms with Crippen molar-refractivity contribution in [2.75, 3.05) is 47.0 Å². The Hall–Kier alpha value is -1.59. The van der Waals surface area contributed by atoms with E-state index >= 15 is 0 Å². The number of hydrogen-bond acceptors (Lipinski definition) is 4. The zero-order valence-corrected chi connectivity index (χ0v) is 14.0. The van der Waals surface area contributed by atoms with Gasteiger partial charge in [-0.3, -0.25) is 4.79 Å². The lowest BCUT2D eigenvalue weighted by atomic mass is 9.91. The first-order valence-electron chi connectivity index (χ1n) is 8.36. The first-order chi connectivity index (χ1) is 11.2. The molecule has 0 spiro atoms. The molecule has 2 saturated heterocycles. The Morgan fingerprint density at radius 1 is 1.30 bits per heavy atom. The van der Waals surface area contributed by atoms with Crippen LogP contribution in [-0.4, -0.2) is 68.8 Å². The van der Waals surface area contributed by atoms with Crippen LogP contribution in [0.3, 0.4) is 0 Å². The number of carbonyl (C=O) groups excluding carboxylic acids is 1. The van der Waals surface area contributed by atoms with Gasteiger partial charge in [0.15, 0.2) is 0 Å². The van der Waals surface area contributed by atoms with Crippen molar-refractivity contribution < 1.29 is 14.3 Å². The van der Waals surface area contributed by atoms with Crippen LogP contribution in [0, 0.1) is 5.92 Å². The number of carbonyl (C=O) groups is 1. The normalized spacial score (nSPS) is 25.6. The summed E-state index contributed by atoms with van der Waals surface area (Å²) < 4.78 is 10.9. The fourth-order valence-electron chi connectivity index (χ4n) is 3.67. The topological polar surface area (TPSA) is 42.0 Å². The van der Waals surface area contributed by atoms with E-state index in [-0.39, 0.29) is 5.91 Å². The Morgan fingerprint density at radius 3 is 2.83 bits per heavy atom. The number of piperidine rings is 1. The molecule has 2 aliphatic heterocycles. The molecule has 1 aromatic rings. The minimum absolute atomic E-state index is 0.209. The second-order valence-electron chi connectivity index (χ2n) is 6.57. The van der Waals surface area contributed by atoms with Crippen LogP contribution < -0.4 is 4.74 Å². The lowest BCUT2D eigenvalue weighted by Gasteiger charge is -2.41. The van der Waals surface area contributed by atoms with E-state index in [0.29, 0.717) is 31.5 Å². The van der Waals surface area contributed by atoms with E-state index in [0.717, 1.165) is 37.4 Å². The van der Waals surface area contributed by atoms with Crippen molar-refractivity contribution in [3.05, 3.63) is 29.8 Å². The van der Waals surface area contributed by atoms with Crippen molar-refractivity contribution >= 4 is 5.91 Å². The van der Waals surface area contributed by atoms with Crippen LogP contribution in [0.15, 0.2) is 24.3 Å². The molecule has 0 bridgehead atoms. The summed E-state index contributed by atoms with van der Waals surface area (Å²) in [7, 11) is 3.79. The van der Waals surface area contributed by atoms with Crippen LogP contribution in [-0.2, 0) is 16.0 Å². The maximum Gasteiger partial charge on any atom is 0.227 e. The average Bonchev–Trinajstić information content (AvgIpc) is 2.77. The molecule has 23 heavy (non-hydrogen) atoms. The number of rotatable bonds is 3. The van der Waals surface area contributed by atoms with Crippen molar-refractivity contribution in [1.29, 1.82) is 0 Å². The third-order valence-electron chi connectivity index (χ3n) is 4.94. The molecule has 0 N–H and O–H groups in total. The maximum absolute atomic E-state index is 12.8. The van der Waals surface area contributed by atoms with E-state index in [2.05, 4.69) is 16.8 Å². The fourth-order valence-corrected chi connectivity index (χ4v) is 3.67. The van der Waals surface area contributed by atoms with Gasteiger partial charge < -0.3 is 19.3 Å². The summed E-state index contributed by atoms with van der Waals surface area (Å²) in [5.41, 5.74) is 1.03. The first-order valence-corrected chi connectivity index (χ1v) is 8.36. The van der Waals surface area contributed by atoms with Gasteiger partial charge in [0.1, 0.15) is 5.75 Å². The average molecular weight is 318 g/mol. The zero-order chi connectivity index (χ0) is 16.2. The van der Waals surface area contributed by atoms with E-state index in [9.17, 15) is 4.79 Å². The molecular formula is C18H26N2O3. The van der Waals surface area contributed by atoms with Gasteiger partial charge >= 0.3 is 0 Å². The third kappa shape index (κ3) is 3.85. The minimum Gasteiger partial charge on any atom is -0.497 e. The van der Waals surface area contributed by atoms with Gasteiger partial charge in [-0.2, -0.15) is 0 Å². The minimum atomic E-state index is 0.209. The lowest BCUT2D eigenvalue weighted by molar-refractivity contribution is -0.134. The molecule has 2 heterocycles. The molecule has 1 amide bonds. The summed E-state index contributed by atoms with van der Waals surface area (Å²) in [5, 5.41) is 0. The fraction of sp³-hybridized carbons (Fsp3) is 0.611. The van der Waals surface area contributed by atoms with Gasteiger partial charge in [-0.15, -0.1) is 0 Å². The molecule has 2 aliphatic rings.